The zero-order valence-corrected chi connectivity index (χ0v) is 12.9. The second-order valence-corrected chi connectivity index (χ2v) is 6.09. The smallest absolute Gasteiger partial charge is 0.435 e. The Balaban J connectivity index is 1.67. The van der Waals surface area contributed by atoms with E-state index in [4.69, 9.17) is 9.57 Å². The first kappa shape index (κ1) is 15.8. The molecule has 2 aliphatic rings. The maximum Gasteiger partial charge on any atom is 0.435 e. The van der Waals surface area contributed by atoms with E-state index in [1.807, 2.05) is 30.3 Å². The molecule has 0 radical (unpaired) electrons. The number of aliphatic carboxylic acids is 1. The van der Waals surface area contributed by atoms with E-state index in [1.165, 1.54) is 0 Å². The normalized spacial score (nSPS) is 27.1. The number of hydroxylamine groups is 2. The highest BCUT2D eigenvalue weighted by molar-refractivity contribution is 5.80. The molecule has 1 aliphatic heterocycles. The lowest BCUT2D eigenvalue weighted by Gasteiger charge is -2.21. The number of hydrogen-bond donors (Lipinski definition) is 1. The molecule has 0 bridgehead atoms. The number of carbonyl (C=O) groups is 2. The quantitative estimate of drug-likeness (QED) is 0.927. The van der Waals surface area contributed by atoms with E-state index >= 15 is 0 Å². The number of ether oxygens (including phenoxy) is 1. The van der Waals surface area contributed by atoms with Gasteiger partial charge in [0.05, 0.1) is 6.10 Å². The minimum Gasteiger partial charge on any atom is -0.480 e. The Morgan fingerprint density at radius 3 is 2.65 bits per heavy atom. The maximum absolute atomic E-state index is 12.3. The lowest BCUT2D eigenvalue weighted by atomic mass is 9.91. The van der Waals surface area contributed by atoms with Crippen LogP contribution in [0.15, 0.2) is 30.3 Å². The number of amides is 1. The molecular formula is C17H21NO5. The Hall–Kier alpha value is -2.08. The van der Waals surface area contributed by atoms with E-state index in [9.17, 15) is 14.7 Å². The van der Waals surface area contributed by atoms with Gasteiger partial charge >= 0.3 is 12.1 Å². The summed E-state index contributed by atoms with van der Waals surface area (Å²) in [7, 11) is 0. The highest BCUT2D eigenvalue weighted by atomic mass is 16.7. The molecule has 124 valence electrons. The van der Waals surface area contributed by atoms with Crippen LogP contribution in [-0.4, -0.2) is 34.4 Å². The summed E-state index contributed by atoms with van der Waals surface area (Å²) in [6, 6.07) is 8.32. The molecule has 1 aromatic rings. The number of hydrogen-bond acceptors (Lipinski definition) is 4. The fourth-order valence-corrected chi connectivity index (χ4v) is 3.40. The summed E-state index contributed by atoms with van der Waals surface area (Å²) >= 11 is 0. The van der Waals surface area contributed by atoms with Gasteiger partial charge in [0, 0.05) is 5.92 Å². The second-order valence-electron chi connectivity index (χ2n) is 6.09. The first-order chi connectivity index (χ1) is 11.2. The Bertz CT molecular complexity index is 561. The van der Waals surface area contributed by atoms with Crippen LogP contribution < -0.4 is 0 Å². The minimum atomic E-state index is -1.03. The van der Waals surface area contributed by atoms with E-state index in [2.05, 4.69) is 0 Å². The van der Waals surface area contributed by atoms with Crippen LogP contribution in [0.2, 0.25) is 0 Å². The van der Waals surface area contributed by atoms with E-state index in [1.54, 1.807) is 0 Å². The Labute approximate surface area is 134 Å². The van der Waals surface area contributed by atoms with Crippen LogP contribution in [0.25, 0.3) is 0 Å². The van der Waals surface area contributed by atoms with Gasteiger partial charge in [-0.2, -0.15) is 5.06 Å². The van der Waals surface area contributed by atoms with E-state index in [-0.39, 0.29) is 18.6 Å². The summed E-state index contributed by atoms with van der Waals surface area (Å²) < 4.78 is 5.23. The van der Waals surface area contributed by atoms with Crippen molar-refractivity contribution in [1.82, 2.24) is 5.06 Å². The van der Waals surface area contributed by atoms with Crippen LogP contribution in [-0.2, 0) is 21.0 Å². The van der Waals surface area contributed by atoms with Gasteiger partial charge in [0.1, 0.15) is 6.61 Å². The van der Waals surface area contributed by atoms with E-state index < -0.39 is 18.1 Å². The number of carbonyl (C=O) groups excluding carboxylic acids is 1. The zero-order valence-electron chi connectivity index (χ0n) is 12.9. The third-order valence-corrected chi connectivity index (χ3v) is 4.55. The molecular weight excluding hydrogens is 298 g/mol. The van der Waals surface area contributed by atoms with Crippen molar-refractivity contribution in [2.45, 2.75) is 50.9 Å². The van der Waals surface area contributed by atoms with Crippen LogP contribution in [0.4, 0.5) is 4.79 Å². The number of carboxylic acid groups (broad SMARTS) is 1. The van der Waals surface area contributed by atoms with E-state index in [0.717, 1.165) is 42.7 Å². The molecule has 2 fully saturated rings. The van der Waals surface area contributed by atoms with Gasteiger partial charge < -0.3 is 9.84 Å². The molecule has 0 spiro atoms. The predicted octanol–water partition coefficient (Wildman–Crippen LogP) is 2.97. The van der Waals surface area contributed by atoms with Crippen LogP contribution in [0.5, 0.6) is 0 Å². The molecule has 0 aromatic heterocycles. The highest BCUT2D eigenvalue weighted by Gasteiger charge is 2.50. The Kier molecular flexibility index (Phi) is 4.81. The summed E-state index contributed by atoms with van der Waals surface area (Å²) in [5.41, 5.74) is 0.848. The van der Waals surface area contributed by atoms with E-state index in [0.29, 0.717) is 0 Å². The first-order valence-electron chi connectivity index (χ1n) is 8.06. The molecule has 1 saturated carbocycles. The lowest BCUT2D eigenvalue weighted by Crippen LogP contribution is -2.43. The van der Waals surface area contributed by atoms with Gasteiger partial charge in [-0.3, -0.25) is 4.84 Å². The van der Waals surface area contributed by atoms with Crippen molar-refractivity contribution < 1.29 is 24.3 Å². The fraction of sp³-hybridized carbons (Fsp3) is 0.529. The second kappa shape index (κ2) is 7.00. The van der Waals surface area contributed by atoms with Crippen LogP contribution in [0.1, 0.15) is 37.7 Å². The summed E-state index contributed by atoms with van der Waals surface area (Å²) in [6.07, 6.45) is 3.68. The third-order valence-electron chi connectivity index (χ3n) is 4.55. The molecule has 1 amide bonds. The van der Waals surface area contributed by atoms with Gasteiger partial charge in [0.15, 0.2) is 6.04 Å². The van der Waals surface area contributed by atoms with Gasteiger partial charge in [0.2, 0.25) is 0 Å². The SMILES string of the molecule is O=C(O)C1C2CCCCCC2ON1C(=O)OCc1ccccc1. The zero-order chi connectivity index (χ0) is 16.2. The molecule has 3 atom stereocenters. The van der Waals surface area contributed by atoms with Gasteiger partial charge in [-0.25, -0.2) is 9.59 Å². The van der Waals surface area contributed by atoms with Crippen molar-refractivity contribution in [2.24, 2.45) is 5.92 Å². The van der Waals surface area contributed by atoms with Crippen LogP contribution in [0.3, 0.4) is 0 Å². The standard InChI is InChI=1S/C17H21NO5/c19-16(20)15-13-9-5-2-6-10-14(13)23-18(15)17(21)22-11-12-7-3-1-4-8-12/h1,3-4,7-8,13-15H,2,5-6,9-11H2,(H,19,20). The Morgan fingerprint density at radius 1 is 1.17 bits per heavy atom. The van der Waals surface area contributed by atoms with Crippen molar-refractivity contribution in [1.29, 1.82) is 0 Å². The molecule has 3 unspecified atom stereocenters. The van der Waals surface area contributed by atoms with Crippen molar-refractivity contribution in [3.63, 3.8) is 0 Å². The molecule has 1 aromatic carbocycles. The third kappa shape index (κ3) is 3.47. The minimum absolute atomic E-state index is 0.0984. The molecule has 1 saturated heterocycles. The number of benzene rings is 1. The van der Waals surface area contributed by atoms with Crippen molar-refractivity contribution in [3.8, 4) is 0 Å². The monoisotopic (exact) mass is 319 g/mol. The summed E-state index contributed by atoms with van der Waals surface area (Å²) in [6.45, 7) is 0.0984. The van der Waals surface area contributed by atoms with Gasteiger partial charge in [-0.1, -0.05) is 49.6 Å². The number of fused-ring (bicyclic) bond motifs is 1. The number of rotatable bonds is 3. The maximum atomic E-state index is 12.3. The largest absolute Gasteiger partial charge is 0.480 e. The highest BCUT2D eigenvalue weighted by Crippen LogP contribution is 2.37. The molecule has 6 nitrogen and oxygen atoms in total. The van der Waals surface area contributed by atoms with Crippen LogP contribution >= 0.6 is 0 Å². The first-order valence-corrected chi connectivity index (χ1v) is 8.06. The molecule has 23 heavy (non-hydrogen) atoms. The van der Waals surface area contributed by atoms with Crippen molar-refractivity contribution in [3.05, 3.63) is 35.9 Å². The number of nitrogens with zero attached hydrogens (tertiary/aromatic N) is 1. The van der Waals surface area contributed by atoms with Crippen LogP contribution in [0, 0.1) is 5.92 Å². The van der Waals surface area contributed by atoms with Gasteiger partial charge in [-0.05, 0) is 18.4 Å². The molecule has 6 heteroatoms. The number of carboxylic acids is 1. The summed E-state index contributed by atoms with van der Waals surface area (Å²) in [4.78, 5) is 29.6. The molecule has 1 heterocycles. The topological polar surface area (TPSA) is 76.1 Å². The molecule has 3 rings (SSSR count). The van der Waals surface area contributed by atoms with Gasteiger partial charge in [-0.15, -0.1) is 0 Å². The average Bonchev–Trinajstić information content (AvgIpc) is 2.77. The lowest BCUT2D eigenvalue weighted by molar-refractivity contribution is -0.166. The average molecular weight is 319 g/mol. The van der Waals surface area contributed by atoms with Gasteiger partial charge in [0.25, 0.3) is 0 Å². The summed E-state index contributed by atoms with van der Waals surface area (Å²) in [5.74, 6) is -1.18. The Morgan fingerprint density at radius 2 is 1.91 bits per heavy atom. The van der Waals surface area contributed by atoms with Crippen molar-refractivity contribution in [2.75, 3.05) is 0 Å². The molecule has 1 aliphatic carbocycles. The predicted molar refractivity (Wildman–Crippen MR) is 81.3 cm³/mol. The summed E-state index contributed by atoms with van der Waals surface area (Å²) in [5, 5.41) is 10.5. The fourth-order valence-electron chi connectivity index (χ4n) is 3.40. The molecule has 1 N–H and O–H groups in total. The van der Waals surface area contributed by atoms with Crippen molar-refractivity contribution >= 4 is 12.1 Å².